The molecule has 1 aliphatic heterocycles. The maximum absolute atomic E-state index is 12.3. The molecule has 3 aromatic carbocycles. The predicted octanol–water partition coefficient (Wildman–Crippen LogP) is 4.52. The van der Waals surface area contributed by atoms with Gasteiger partial charge < -0.3 is 19.9 Å². The van der Waals surface area contributed by atoms with E-state index >= 15 is 0 Å². The summed E-state index contributed by atoms with van der Waals surface area (Å²) in [5, 5.41) is 20.4. The van der Waals surface area contributed by atoms with Crippen LogP contribution in [0.25, 0.3) is 0 Å². The predicted molar refractivity (Wildman–Crippen MR) is 128 cm³/mol. The van der Waals surface area contributed by atoms with E-state index in [1.165, 1.54) is 30.3 Å². The van der Waals surface area contributed by atoms with Crippen LogP contribution >= 0.6 is 11.8 Å². The van der Waals surface area contributed by atoms with E-state index < -0.39 is 23.4 Å². The Bertz CT molecular complexity index is 1350. The summed E-state index contributed by atoms with van der Waals surface area (Å²) >= 11 is 1.62. The number of rotatable bonds is 7. The van der Waals surface area contributed by atoms with E-state index in [9.17, 15) is 20.2 Å². The first-order chi connectivity index (χ1) is 16.9. The van der Waals surface area contributed by atoms with E-state index in [0.29, 0.717) is 17.1 Å². The van der Waals surface area contributed by atoms with Gasteiger partial charge in [0.15, 0.2) is 6.61 Å². The van der Waals surface area contributed by atoms with Crippen molar-refractivity contribution in [3.05, 3.63) is 99.4 Å². The summed E-state index contributed by atoms with van der Waals surface area (Å²) < 4.78 is 16.3. The molecule has 2 N–H and O–H groups in total. The third kappa shape index (κ3) is 5.20. The highest BCUT2D eigenvalue weighted by molar-refractivity contribution is 7.98. The summed E-state index contributed by atoms with van der Waals surface area (Å²) in [7, 11) is 0. The largest absolute Gasteiger partial charge is 0.482 e. The zero-order chi connectivity index (χ0) is 24.9. The molecule has 0 saturated heterocycles. The molecule has 0 radical (unpaired) electrons. The van der Waals surface area contributed by atoms with Crippen molar-refractivity contribution in [1.82, 2.24) is 0 Å². The maximum Gasteiger partial charge on any atom is 0.349 e. The monoisotopic (exact) mass is 489 g/mol. The molecule has 0 bridgehead atoms. The van der Waals surface area contributed by atoms with Crippen LogP contribution in [-0.2, 0) is 4.79 Å². The number of benzene rings is 3. The molecule has 0 spiro atoms. The number of hydrogen-bond donors (Lipinski definition) is 1. The number of thioether (sulfide) groups is 1. The van der Waals surface area contributed by atoms with Gasteiger partial charge in [0.2, 0.25) is 5.88 Å². The number of allylic oxidation sites excluding steroid dienone is 1. The van der Waals surface area contributed by atoms with E-state index in [1.807, 2.05) is 30.5 Å². The Hall–Kier alpha value is -4.49. The van der Waals surface area contributed by atoms with E-state index in [-0.39, 0.29) is 17.3 Å². The van der Waals surface area contributed by atoms with Gasteiger partial charge in [-0.1, -0.05) is 18.2 Å². The van der Waals surface area contributed by atoms with Gasteiger partial charge in [-0.25, -0.2) is 4.79 Å². The van der Waals surface area contributed by atoms with Gasteiger partial charge in [0.25, 0.3) is 5.69 Å². The summed E-state index contributed by atoms with van der Waals surface area (Å²) in [5.41, 5.74) is 7.86. The molecule has 0 aliphatic carbocycles. The van der Waals surface area contributed by atoms with E-state index in [0.717, 1.165) is 16.0 Å². The normalized spacial score (nSPS) is 14.3. The second-order valence-electron chi connectivity index (χ2n) is 7.41. The van der Waals surface area contributed by atoms with Crippen LogP contribution in [0.3, 0.4) is 0 Å². The van der Waals surface area contributed by atoms with Gasteiger partial charge in [-0.05, 0) is 42.2 Å². The molecule has 10 heteroatoms. The Morgan fingerprint density at radius 1 is 1.14 bits per heavy atom. The number of esters is 1. The van der Waals surface area contributed by atoms with Crippen molar-refractivity contribution in [3.8, 4) is 23.3 Å². The molecule has 0 amide bonds. The average Bonchev–Trinajstić information content (AvgIpc) is 2.87. The minimum atomic E-state index is -0.676. The smallest absolute Gasteiger partial charge is 0.349 e. The number of carbonyl (C=O) groups excluding carboxylic acids is 1. The summed E-state index contributed by atoms with van der Waals surface area (Å²) in [6.45, 7) is -0.402. The fourth-order valence-electron chi connectivity index (χ4n) is 3.61. The minimum Gasteiger partial charge on any atom is -0.482 e. The number of non-ortho nitro benzene ring substituents is 1. The number of ether oxygens (including phenoxy) is 3. The number of nitrogens with two attached hydrogens (primary N) is 1. The highest BCUT2D eigenvalue weighted by Crippen LogP contribution is 2.43. The lowest BCUT2D eigenvalue weighted by Crippen LogP contribution is -2.21. The summed E-state index contributed by atoms with van der Waals surface area (Å²) in [6, 6.07) is 20.2. The van der Waals surface area contributed by atoms with Crippen molar-refractivity contribution >= 4 is 23.4 Å². The lowest BCUT2D eigenvalue weighted by Gasteiger charge is -2.26. The van der Waals surface area contributed by atoms with Gasteiger partial charge in [-0.2, -0.15) is 5.26 Å². The molecule has 0 aromatic heterocycles. The van der Waals surface area contributed by atoms with Gasteiger partial charge in [0, 0.05) is 28.7 Å². The molecule has 9 nitrogen and oxygen atoms in total. The zero-order valence-electron chi connectivity index (χ0n) is 18.5. The van der Waals surface area contributed by atoms with E-state index in [2.05, 4.69) is 6.07 Å². The van der Waals surface area contributed by atoms with E-state index in [4.69, 9.17) is 19.9 Å². The Balaban J connectivity index is 1.50. The lowest BCUT2D eigenvalue weighted by molar-refractivity contribution is -0.384. The van der Waals surface area contributed by atoms with Gasteiger partial charge >= 0.3 is 5.97 Å². The van der Waals surface area contributed by atoms with Crippen molar-refractivity contribution in [3.63, 3.8) is 0 Å². The van der Waals surface area contributed by atoms with Crippen molar-refractivity contribution in [2.45, 2.75) is 10.8 Å². The highest BCUT2D eigenvalue weighted by atomic mass is 32.2. The molecule has 176 valence electrons. The molecule has 3 aromatic rings. The van der Waals surface area contributed by atoms with Crippen molar-refractivity contribution < 1.29 is 23.9 Å². The highest BCUT2D eigenvalue weighted by Gasteiger charge is 2.31. The van der Waals surface area contributed by atoms with Crippen LogP contribution in [0.15, 0.2) is 83.1 Å². The van der Waals surface area contributed by atoms with Crippen LogP contribution in [0.5, 0.6) is 17.2 Å². The zero-order valence-corrected chi connectivity index (χ0v) is 19.3. The SMILES string of the molecule is CSc1ccc(C2C(C#N)=C(N)Oc3cc(OC(=O)COc4ccc([N+](=O)[O-])cc4)ccc32)cc1. The number of nitriles is 1. The third-order valence-corrected chi connectivity index (χ3v) is 6.02. The van der Waals surface area contributed by atoms with Crippen LogP contribution in [0, 0.1) is 21.4 Å². The van der Waals surface area contributed by atoms with Gasteiger partial charge in [-0.3, -0.25) is 10.1 Å². The molecule has 35 heavy (non-hydrogen) atoms. The molecule has 1 unspecified atom stereocenters. The van der Waals surface area contributed by atoms with Crippen LogP contribution in [-0.4, -0.2) is 23.8 Å². The van der Waals surface area contributed by atoms with Crippen molar-refractivity contribution in [2.24, 2.45) is 5.73 Å². The molecule has 4 rings (SSSR count). The van der Waals surface area contributed by atoms with Crippen LogP contribution in [0.1, 0.15) is 17.0 Å². The molecule has 1 aliphatic rings. The Morgan fingerprint density at radius 2 is 1.83 bits per heavy atom. The Labute approximate surface area is 204 Å². The molecule has 0 fully saturated rings. The molecular weight excluding hydrogens is 470 g/mol. The minimum absolute atomic E-state index is 0.0103. The molecule has 1 atom stereocenters. The standard InChI is InChI=1S/C25H19N3O6S/c1-35-19-9-2-15(3-10-19)24-20-11-8-18(12-22(20)34-25(27)21(24)13-26)33-23(29)14-32-17-6-4-16(5-7-17)28(30)31/h2-12,24H,14,27H2,1H3. The number of nitro benzene ring substituents is 1. The number of carbonyl (C=O) groups is 1. The maximum atomic E-state index is 12.3. The topological polar surface area (TPSA) is 138 Å². The van der Waals surface area contributed by atoms with Crippen LogP contribution in [0.2, 0.25) is 0 Å². The first-order valence-corrected chi connectivity index (χ1v) is 11.6. The second-order valence-corrected chi connectivity index (χ2v) is 8.29. The number of nitrogens with zero attached hydrogens (tertiary/aromatic N) is 2. The first kappa shape index (κ1) is 23.7. The van der Waals surface area contributed by atoms with Crippen LogP contribution < -0.4 is 19.9 Å². The number of hydrogen-bond acceptors (Lipinski definition) is 9. The van der Waals surface area contributed by atoms with E-state index in [1.54, 1.807) is 23.9 Å². The van der Waals surface area contributed by atoms with Gasteiger partial charge in [-0.15, -0.1) is 11.8 Å². The Kier molecular flexibility index (Phi) is 6.89. The first-order valence-electron chi connectivity index (χ1n) is 10.3. The van der Waals surface area contributed by atoms with Gasteiger partial charge in [0.05, 0.1) is 10.8 Å². The molecule has 0 saturated carbocycles. The van der Waals surface area contributed by atoms with Gasteiger partial charge in [0.1, 0.15) is 28.9 Å². The quantitative estimate of drug-likeness (QED) is 0.167. The molecular formula is C25H19N3O6S. The Morgan fingerprint density at radius 3 is 2.46 bits per heavy atom. The lowest BCUT2D eigenvalue weighted by atomic mass is 9.83. The molecule has 1 heterocycles. The average molecular weight is 490 g/mol. The summed E-state index contributed by atoms with van der Waals surface area (Å²) in [4.78, 5) is 23.5. The summed E-state index contributed by atoms with van der Waals surface area (Å²) in [5.74, 6) is -0.227. The van der Waals surface area contributed by atoms with Crippen molar-refractivity contribution in [2.75, 3.05) is 12.9 Å². The van der Waals surface area contributed by atoms with Crippen molar-refractivity contribution in [1.29, 1.82) is 5.26 Å². The summed E-state index contributed by atoms with van der Waals surface area (Å²) in [6.07, 6.45) is 1.98. The van der Waals surface area contributed by atoms with Crippen LogP contribution in [0.4, 0.5) is 5.69 Å². The fraction of sp³-hybridized carbons (Fsp3) is 0.120. The number of nitro groups is 1. The third-order valence-electron chi connectivity index (χ3n) is 5.28. The number of fused-ring (bicyclic) bond motifs is 1. The second kappa shape index (κ2) is 10.2. The fourth-order valence-corrected chi connectivity index (χ4v) is 4.01.